The number of halogens is 1. The molecule has 0 bridgehead atoms. The van der Waals surface area contributed by atoms with Gasteiger partial charge in [-0.25, -0.2) is 0 Å². The Morgan fingerprint density at radius 2 is 2.23 bits per heavy atom. The van der Waals surface area contributed by atoms with Gasteiger partial charge in [-0.3, -0.25) is 0 Å². The molecule has 0 spiro atoms. The number of methoxy groups -OCH3 is 1. The van der Waals surface area contributed by atoms with Gasteiger partial charge in [0, 0.05) is 24.6 Å². The molecule has 1 N–H and O–H groups in total. The molecule has 1 fully saturated rings. The predicted octanol–water partition coefficient (Wildman–Crippen LogP) is 2.04. The summed E-state index contributed by atoms with van der Waals surface area (Å²) in [7, 11) is 1.66. The zero-order valence-electron chi connectivity index (χ0n) is 7.51. The zero-order chi connectivity index (χ0) is 9.26. The van der Waals surface area contributed by atoms with Gasteiger partial charge in [0.05, 0.1) is 12.1 Å². The number of ether oxygens (including phenoxy) is 1. The Morgan fingerprint density at radius 3 is 2.77 bits per heavy atom. The fourth-order valence-electron chi connectivity index (χ4n) is 1.57. The van der Waals surface area contributed by atoms with Gasteiger partial charge < -0.3 is 10.1 Å². The number of rotatable bonds is 2. The normalized spacial score (nSPS) is 16.8. The molecule has 2 rings (SSSR count). The van der Waals surface area contributed by atoms with Crippen LogP contribution in [0.1, 0.15) is 11.5 Å². The third kappa shape index (κ3) is 1.52. The highest BCUT2D eigenvalue weighted by Crippen LogP contribution is 2.34. The van der Waals surface area contributed by atoms with E-state index in [1.54, 1.807) is 7.11 Å². The molecule has 0 aliphatic carbocycles. The van der Waals surface area contributed by atoms with Crippen molar-refractivity contribution < 1.29 is 4.74 Å². The number of hydrogen-bond acceptors (Lipinski definition) is 2. The van der Waals surface area contributed by atoms with E-state index >= 15 is 0 Å². The lowest BCUT2D eigenvalue weighted by Crippen LogP contribution is -2.40. The maximum atomic E-state index is 6.01. The molecule has 1 aliphatic rings. The number of hydrogen-bond donors (Lipinski definition) is 1. The van der Waals surface area contributed by atoms with E-state index in [2.05, 4.69) is 11.4 Å². The molecule has 0 saturated carbocycles. The van der Waals surface area contributed by atoms with Crippen LogP contribution in [0.25, 0.3) is 0 Å². The first-order chi connectivity index (χ1) is 6.33. The number of nitrogens with one attached hydrogen (secondary N) is 1. The maximum absolute atomic E-state index is 6.01. The van der Waals surface area contributed by atoms with Crippen LogP contribution in [0.5, 0.6) is 5.75 Å². The Labute approximate surface area is 82.9 Å². The van der Waals surface area contributed by atoms with Gasteiger partial charge in [0.25, 0.3) is 0 Å². The maximum Gasteiger partial charge on any atom is 0.141 e. The molecule has 1 saturated heterocycles. The van der Waals surface area contributed by atoms with Crippen LogP contribution in [-0.2, 0) is 0 Å². The summed E-state index contributed by atoms with van der Waals surface area (Å²) in [4.78, 5) is 0. The van der Waals surface area contributed by atoms with Crippen LogP contribution in [-0.4, -0.2) is 20.2 Å². The molecule has 1 aromatic rings. The van der Waals surface area contributed by atoms with Crippen molar-refractivity contribution in [1.82, 2.24) is 5.32 Å². The largest absolute Gasteiger partial charge is 0.495 e. The molecule has 70 valence electrons. The van der Waals surface area contributed by atoms with E-state index in [1.807, 2.05) is 12.1 Å². The third-order valence-corrected chi connectivity index (χ3v) is 2.72. The van der Waals surface area contributed by atoms with Gasteiger partial charge in [-0.05, 0) is 6.07 Å². The van der Waals surface area contributed by atoms with Gasteiger partial charge in [-0.15, -0.1) is 0 Å². The van der Waals surface area contributed by atoms with Crippen molar-refractivity contribution in [3.63, 3.8) is 0 Å². The van der Waals surface area contributed by atoms with Crippen molar-refractivity contribution in [3.8, 4) is 5.75 Å². The molecular formula is C10H12ClNO. The van der Waals surface area contributed by atoms with Crippen LogP contribution in [0.4, 0.5) is 0 Å². The molecule has 0 atom stereocenters. The molecule has 1 heterocycles. The first-order valence-corrected chi connectivity index (χ1v) is 4.74. The van der Waals surface area contributed by atoms with E-state index in [-0.39, 0.29) is 0 Å². The predicted molar refractivity (Wildman–Crippen MR) is 53.6 cm³/mol. The summed E-state index contributed by atoms with van der Waals surface area (Å²) < 4.78 is 5.27. The van der Waals surface area contributed by atoms with Crippen molar-refractivity contribution in [2.75, 3.05) is 20.2 Å². The van der Waals surface area contributed by atoms with Crippen LogP contribution in [0.15, 0.2) is 18.2 Å². The smallest absolute Gasteiger partial charge is 0.141 e. The highest BCUT2D eigenvalue weighted by molar-refractivity contribution is 6.32. The highest BCUT2D eigenvalue weighted by atomic mass is 35.5. The van der Waals surface area contributed by atoms with Gasteiger partial charge in [-0.1, -0.05) is 23.7 Å². The third-order valence-electron chi connectivity index (χ3n) is 2.42. The fraction of sp³-hybridized carbons (Fsp3) is 0.400. The fourth-order valence-corrected chi connectivity index (χ4v) is 1.83. The SMILES string of the molecule is COc1c(Cl)cccc1C1CNC1. The Kier molecular flexibility index (Phi) is 2.42. The Morgan fingerprint density at radius 1 is 1.46 bits per heavy atom. The lowest BCUT2D eigenvalue weighted by molar-refractivity contribution is 0.385. The summed E-state index contributed by atoms with van der Waals surface area (Å²) in [5, 5.41) is 3.93. The van der Waals surface area contributed by atoms with Gasteiger partial charge in [-0.2, -0.15) is 0 Å². The monoisotopic (exact) mass is 197 g/mol. The first-order valence-electron chi connectivity index (χ1n) is 4.36. The summed E-state index contributed by atoms with van der Waals surface area (Å²) in [6.45, 7) is 2.05. The van der Waals surface area contributed by atoms with Gasteiger partial charge in [0.1, 0.15) is 5.75 Å². The molecule has 0 amide bonds. The molecule has 13 heavy (non-hydrogen) atoms. The number of para-hydroxylation sites is 1. The minimum atomic E-state index is 0.564. The zero-order valence-corrected chi connectivity index (χ0v) is 8.27. The van der Waals surface area contributed by atoms with Gasteiger partial charge in [0.15, 0.2) is 0 Å². The molecule has 3 heteroatoms. The standard InChI is InChI=1S/C10H12ClNO/c1-13-10-8(7-5-12-6-7)3-2-4-9(10)11/h2-4,7,12H,5-6H2,1H3. The molecule has 1 aliphatic heterocycles. The summed E-state index contributed by atoms with van der Waals surface area (Å²) in [5.41, 5.74) is 1.22. The van der Waals surface area contributed by atoms with E-state index in [0.717, 1.165) is 18.8 Å². The minimum absolute atomic E-state index is 0.564. The molecule has 0 radical (unpaired) electrons. The average molecular weight is 198 g/mol. The summed E-state index contributed by atoms with van der Waals surface area (Å²) in [5.74, 6) is 1.39. The molecule has 0 unspecified atom stereocenters. The Balaban J connectivity index is 2.37. The van der Waals surface area contributed by atoms with E-state index in [4.69, 9.17) is 16.3 Å². The van der Waals surface area contributed by atoms with Crippen LogP contribution in [0, 0.1) is 0 Å². The summed E-state index contributed by atoms with van der Waals surface area (Å²) in [6.07, 6.45) is 0. The second-order valence-electron chi connectivity index (χ2n) is 3.22. The van der Waals surface area contributed by atoms with Crippen molar-refractivity contribution >= 4 is 11.6 Å². The summed E-state index contributed by atoms with van der Waals surface area (Å²) >= 11 is 6.01. The molecule has 1 aromatic carbocycles. The van der Waals surface area contributed by atoms with Crippen LogP contribution < -0.4 is 10.1 Å². The molecule has 2 nitrogen and oxygen atoms in total. The van der Waals surface area contributed by atoms with Crippen molar-refractivity contribution in [1.29, 1.82) is 0 Å². The van der Waals surface area contributed by atoms with E-state index in [1.165, 1.54) is 5.56 Å². The van der Waals surface area contributed by atoms with Crippen LogP contribution in [0.2, 0.25) is 5.02 Å². The van der Waals surface area contributed by atoms with Crippen molar-refractivity contribution in [3.05, 3.63) is 28.8 Å². The minimum Gasteiger partial charge on any atom is -0.495 e. The van der Waals surface area contributed by atoms with E-state index in [0.29, 0.717) is 10.9 Å². The lowest BCUT2D eigenvalue weighted by atomic mass is 9.93. The van der Waals surface area contributed by atoms with E-state index in [9.17, 15) is 0 Å². The Hall–Kier alpha value is -0.730. The molecular weight excluding hydrogens is 186 g/mol. The lowest BCUT2D eigenvalue weighted by Gasteiger charge is -2.28. The second-order valence-corrected chi connectivity index (χ2v) is 3.62. The number of benzene rings is 1. The highest BCUT2D eigenvalue weighted by Gasteiger charge is 2.23. The summed E-state index contributed by atoms with van der Waals surface area (Å²) in [6, 6.07) is 5.91. The average Bonchev–Trinajstić information content (AvgIpc) is 2.01. The molecule has 0 aromatic heterocycles. The Bertz CT molecular complexity index is 310. The van der Waals surface area contributed by atoms with Gasteiger partial charge >= 0.3 is 0 Å². The van der Waals surface area contributed by atoms with Crippen molar-refractivity contribution in [2.45, 2.75) is 5.92 Å². The van der Waals surface area contributed by atoms with Crippen molar-refractivity contribution in [2.24, 2.45) is 0 Å². The van der Waals surface area contributed by atoms with Crippen LogP contribution in [0.3, 0.4) is 0 Å². The van der Waals surface area contributed by atoms with E-state index < -0.39 is 0 Å². The topological polar surface area (TPSA) is 21.3 Å². The van der Waals surface area contributed by atoms with Gasteiger partial charge in [0.2, 0.25) is 0 Å². The second kappa shape index (κ2) is 3.56. The first kappa shape index (κ1) is 8.85. The van der Waals surface area contributed by atoms with Crippen LogP contribution >= 0.6 is 11.6 Å². The quantitative estimate of drug-likeness (QED) is 0.784.